The minimum absolute atomic E-state index is 0.00965. The maximum atomic E-state index is 13.1. The lowest BCUT2D eigenvalue weighted by molar-refractivity contribution is -0.140. The number of halogens is 4. The zero-order valence-corrected chi connectivity index (χ0v) is 7.73. The zero-order valence-electron chi connectivity index (χ0n) is 7.73. The number of H-pyrrole nitrogens is 1. The topological polar surface area (TPSA) is 32.9 Å². The largest absolute Gasteiger partial charge is 0.431 e. The van der Waals surface area contributed by atoms with Crippen LogP contribution in [0.15, 0.2) is 18.2 Å². The van der Waals surface area contributed by atoms with Gasteiger partial charge in [-0.15, -0.1) is 0 Å². The summed E-state index contributed by atoms with van der Waals surface area (Å²) in [5, 5.41) is 0.149. The normalized spacial score (nSPS) is 12.0. The lowest BCUT2D eigenvalue weighted by Crippen LogP contribution is -2.04. The van der Waals surface area contributed by atoms with Gasteiger partial charge in [-0.05, 0) is 18.2 Å². The zero-order chi connectivity index (χ0) is 11.9. The number of aldehydes is 1. The molecule has 0 amide bonds. The fraction of sp³-hybridized carbons (Fsp3) is 0.100. The minimum atomic E-state index is -4.52. The van der Waals surface area contributed by atoms with Gasteiger partial charge in [0, 0.05) is 10.9 Å². The molecule has 0 aliphatic heterocycles. The second kappa shape index (κ2) is 3.33. The number of nitrogens with one attached hydrogen (secondary N) is 1. The molecule has 0 saturated carbocycles. The Balaban J connectivity index is 2.67. The summed E-state index contributed by atoms with van der Waals surface area (Å²) in [4.78, 5) is 12.4. The highest BCUT2D eigenvalue weighted by Gasteiger charge is 2.32. The maximum Gasteiger partial charge on any atom is 0.431 e. The summed E-state index contributed by atoms with van der Waals surface area (Å²) in [7, 11) is 0. The smallest absolute Gasteiger partial charge is 0.351 e. The molecule has 0 aliphatic carbocycles. The molecule has 0 fully saturated rings. The molecule has 0 atom stereocenters. The van der Waals surface area contributed by atoms with Crippen molar-refractivity contribution in [2.24, 2.45) is 0 Å². The second-order valence-electron chi connectivity index (χ2n) is 3.26. The van der Waals surface area contributed by atoms with Crippen molar-refractivity contribution >= 4 is 17.2 Å². The predicted molar refractivity (Wildman–Crippen MR) is 48.6 cm³/mol. The van der Waals surface area contributed by atoms with Crippen LogP contribution in [0, 0.1) is 5.82 Å². The Bertz CT molecular complexity index is 556. The molecule has 1 aromatic heterocycles. The molecule has 0 saturated heterocycles. The van der Waals surface area contributed by atoms with Gasteiger partial charge in [-0.1, -0.05) is 0 Å². The number of hydrogen-bond acceptors (Lipinski definition) is 1. The number of rotatable bonds is 1. The first-order chi connectivity index (χ1) is 7.41. The molecule has 0 bridgehead atoms. The molecule has 0 radical (unpaired) electrons. The third-order valence-corrected chi connectivity index (χ3v) is 2.17. The van der Waals surface area contributed by atoms with Crippen molar-refractivity contribution in [2.75, 3.05) is 0 Å². The van der Waals surface area contributed by atoms with Gasteiger partial charge < -0.3 is 4.98 Å². The first kappa shape index (κ1) is 10.7. The molecule has 1 heterocycles. The molecule has 2 aromatic rings. The first-order valence-electron chi connectivity index (χ1n) is 4.26. The van der Waals surface area contributed by atoms with Gasteiger partial charge in [0.15, 0.2) is 6.29 Å². The highest BCUT2D eigenvalue weighted by Crippen LogP contribution is 2.31. The Morgan fingerprint density at radius 2 is 1.88 bits per heavy atom. The van der Waals surface area contributed by atoms with Gasteiger partial charge in [0.05, 0.1) is 5.56 Å². The quantitative estimate of drug-likeness (QED) is 0.593. The van der Waals surface area contributed by atoms with E-state index in [4.69, 9.17) is 0 Å². The van der Waals surface area contributed by atoms with E-state index in [-0.39, 0.29) is 22.8 Å². The molecule has 2 nitrogen and oxygen atoms in total. The van der Waals surface area contributed by atoms with Crippen molar-refractivity contribution < 1.29 is 22.4 Å². The molecular formula is C10H5F4NO. The molecule has 1 aromatic carbocycles. The minimum Gasteiger partial charge on any atom is -0.351 e. The summed E-state index contributed by atoms with van der Waals surface area (Å²) in [6.45, 7) is 0. The number of carbonyl (C=O) groups is 1. The molecule has 0 unspecified atom stereocenters. The molecule has 0 aliphatic rings. The van der Waals surface area contributed by atoms with E-state index in [1.165, 1.54) is 0 Å². The molecule has 84 valence electrons. The monoisotopic (exact) mass is 231 g/mol. The molecular weight excluding hydrogens is 226 g/mol. The number of benzene rings is 1. The van der Waals surface area contributed by atoms with Crippen molar-refractivity contribution in [3.05, 3.63) is 35.3 Å². The summed E-state index contributed by atoms with van der Waals surface area (Å²) in [5.41, 5.74) is -1.22. The van der Waals surface area contributed by atoms with Crippen LogP contribution in [0.1, 0.15) is 16.1 Å². The Hall–Kier alpha value is -1.85. The van der Waals surface area contributed by atoms with Crippen molar-refractivity contribution in [3.8, 4) is 0 Å². The third kappa shape index (κ3) is 1.66. The van der Waals surface area contributed by atoms with E-state index >= 15 is 0 Å². The molecule has 2 rings (SSSR count). The highest BCUT2D eigenvalue weighted by molar-refractivity contribution is 5.88. The third-order valence-electron chi connectivity index (χ3n) is 2.17. The van der Waals surface area contributed by atoms with E-state index in [9.17, 15) is 22.4 Å². The predicted octanol–water partition coefficient (Wildman–Crippen LogP) is 3.14. The van der Waals surface area contributed by atoms with Gasteiger partial charge >= 0.3 is 6.18 Å². The van der Waals surface area contributed by atoms with Crippen molar-refractivity contribution in [1.82, 2.24) is 4.98 Å². The number of alkyl halides is 3. The van der Waals surface area contributed by atoms with Crippen LogP contribution in [-0.2, 0) is 6.18 Å². The van der Waals surface area contributed by atoms with Gasteiger partial charge in [0.2, 0.25) is 0 Å². The standard InChI is InChI=1S/C10H5F4NO/c11-7-3-8-5(1-6(7)4-16)2-9(15-8)10(12,13)14/h1-4,15H. The number of aromatic amines is 1. The van der Waals surface area contributed by atoms with Crippen LogP contribution in [-0.4, -0.2) is 11.3 Å². The fourth-order valence-corrected chi connectivity index (χ4v) is 1.41. The maximum absolute atomic E-state index is 13.1. The highest BCUT2D eigenvalue weighted by atomic mass is 19.4. The summed E-state index contributed by atoms with van der Waals surface area (Å²) in [6.07, 6.45) is -4.26. The molecule has 6 heteroatoms. The van der Waals surface area contributed by atoms with Gasteiger partial charge in [-0.25, -0.2) is 4.39 Å². The van der Waals surface area contributed by atoms with Crippen molar-refractivity contribution in [2.45, 2.75) is 6.18 Å². The van der Waals surface area contributed by atoms with Gasteiger partial charge in [-0.3, -0.25) is 4.79 Å². The Morgan fingerprint density at radius 3 is 2.44 bits per heavy atom. The molecule has 16 heavy (non-hydrogen) atoms. The van der Waals surface area contributed by atoms with E-state index in [1.807, 2.05) is 4.98 Å². The van der Waals surface area contributed by atoms with Gasteiger partial charge in [0.25, 0.3) is 0 Å². The number of carbonyl (C=O) groups excluding carboxylic acids is 1. The van der Waals surface area contributed by atoms with Crippen LogP contribution < -0.4 is 0 Å². The second-order valence-corrected chi connectivity index (χ2v) is 3.26. The van der Waals surface area contributed by atoms with E-state index in [0.717, 1.165) is 18.2 Å². The van der Waals surface area contributed by atoms with Crippen LogP contribution in [0.25, 0.3) is 10.9 Å². The van der Waals surface area contributed by atoms with E-state index in [0.29, 0.717) is 0 Å². The first-order valence-corrected chi connectivity index (χ1v) is 4.26. The average molecular weight is 231 g/mol. The van der Waals surface area contributed by atoms with E-state index in [2.05, 4.69) is 0 Å². The van der Waals surface area contributed by atoms with Crippen molar-refractivity contribution in [1.29, 1.82) is 0 Å². The summed E-state index contributed by atoms with van der Waals surface area (Å²) < 4.78 is 50.0. The van der Waals surface area contributed by atoms with Crippen LogP contribution >= 0.6 is 0 Å². The van der Waals surface area contributed by atoms with Crippen LogP contribution in [0.2, 0.25) is 0 Å². The van der Waals surface area contributed by atoms with E-state index in [1.54, 1.807) is 0 Å². The summed E-state index contributed by atoms with van der Waals surface area (Å²) in [5.74, 6) is -0.849. The number of fused-ring (bicyclic) bond motifs is 1. The van der Waals surface area contributed by atoms with Gasteiger partial charge in [0.1, 0.15) is 11.5 Å². The average Bonchev–Trinajstić information content (AvgIpc) is 2.58. The SMILES string of the molecule is O=Cc1cc2cc(C(F)(F)F)[nH]c2cc1F. The number of aromatic nitrogens is 1. The Morgan fingerprint density at radius 1 is 1.19 bits per heavy atom. The Labute approximate surface area is 86.9 Å². The molecule has 1 N–H and O–H groups in total. The summed E-state index contributed by atoms with van der Waals surface area (Å²) in [6, 6.07) is 2.78. The Kier molecular flexibility index (Phi) is 2.22. The van der Waals surface area contributed by atoms with Gasteiger partial charge in [-0.2, -0.15) is 13.2 Å². The lowest BCUT2D eigenvalue weighted by Gasteiger charge is -2.00. The van der Waals surface area contributed by atoms with Crippen LogP contribution in [0.3, 0.4) is 0 Å². The van der Waals surface area contributed by atoms with Crippen LogP contribution in [0.4, 0.5) is 17.6 Å². The number of hydrogen-bond donors (Lipinski definition) is 1. The summed E-state index contributed by atoms with van der Waals surface area (Å²) >= 11 is 0. The lowest BCUT2D eigenvalue weighted by atomic mass is 10.1. The van der Waals surface area contributed by atoms with Crippen molar-refractivity contribution in [3.63, 3.8) is 0 Å². The molecule has 0 spiro atoms. The fourth-order valence-electron chi connectivity index (χ4n) is 1.41. The van der Waals surface area contributed by atoms with E-state index < -0.39 is 17.7 Å². The van der Waals surface area contributed by atoms with Crippen LogP contribution in [0.5, 0.6) is 0 Å².